The quantitative estimate of drug-likeness (QED) is 0.543. The molecule has 1 atom stereocenters. The summed E-state index contributed by atoms with van der Waals surface area (Å²) in [5, 5.41) is 18.4. The number of sulfonamides is 1. The number of aryl methyl sites for hydroxylation is 1. The van der Waals surface area contributed by atoms with E-state index in [1.54, 1.807) is 0 Å². The fourth-order valence-corrected chi connectivity index (χ4v) is 3.39. The molecule has 0 bridgehead atoms. The SMILES string of the molecule is COCC(O)CNS(=O)(=O)c1c(C)[nH]c(C(=O)O)c1C. The van der Waals surface area contributed by atoms with Crippen LogP contribution in [-0.4, -0.2) is 55.9 Å². The summed E-state index contributed by atoms with van der Waals surface area (Å²) in [7, 11) is -2.52. The van der Waals surface area contributed by atoms with E-state index in [1.807, 2.05) is 0 Å². The van der Waals surface area contributed by atoms with Crippen LogP contribution >= 0.6 is 0 Å². The Balaban J connectivity index is 3.02. The summed E-state index contributed by atoms with van der Waals surface area (Å²) in [5.74, 6) is -1.23. The van der Waals surface area contributed by atoms with E-state index in [1.165, 1.54) is 21.0 Å². The second kappa shape index (κ2) is 6.35. The van der Waals surface area contributed by atoms with Crippen molar-refractivity contribution < 1.29 is 28.2 Å². The molecule has 114 valence electrons. The lowest BCUT2D eigenvalue weighted by molar-refractivity contribution is 0.0678. The van der Waals surface area contributed by atoms with Crippen molar-refractivity contribution in [2.75, 3.05) is 20.3 Å². The first-order chi connectivity index (χ1) is 9.20. The number of hydrogen-bond acceptors (Lipinski definition) is 5. The Bertz CT molecular complexity index is 592. The van der Waals surface area contributed by atoms with Crippen molar-refractivity contribution in [1.82, 2.24) is 9.71 Å². The highest BCUT2D eigenvalue weighted by Crippen LogP contribution is 2.22. The fourth-order valence-electron chi connectivity index (χ4n) is 1.88. The third-order valence-electron chi connectivity index (χ3n) is 2.72. The Labute approximate surface area is 116 Å². The Morgan fingerprint density at radius 2 is 2.05 bits per heavy atom. The molecule has 8 nitrogen and oxygen atoms in total. The molecule has 4 N–H and O–H groups in total. The van der Waals surface area contributed by atoms with Gasteiger partial charge in [0.15, 0.2) is 0 Å². The number of carboxylic acid groups (broad SMARTS) is 1. The Kier molecular flexibility index (Phi) is 5.28. The molecular weight excluding hydrogens is 288 g/mol. The normalized spacial score (nSPS) is 13.4. The lowest BCUT2D eigenvalue weighted by Crippen LogP contribution is -2.34. The number of H-pyrrole nitrogens is 1. The first-order valence-electron chi connectivity index (χ1n) is 5.79. The lowest BCUT2D eigenvalue weighted by atomic mass is 10.2. The number of carboxylic acids is 1. The zero-order valence-electron chi connectivity index (χ0n) is 11.4. The van der Waals surface area contributed by atoms with E-state index in [9.17, 15) is 18.3 Å². The van der Waals surface area contributed by atoms with Crippen LogP contribution in [0.2, 0.25) is 0 Å². The maximum absolute atomic E-state index is 12.1. The van der Waals surface area contributed by atoms with Crippen LogP contribution in [0, 0.1) is 13.8 Å². The minimum absolute atomic E-state index is 0.00596. The van der Waals surface area contributed by atoms with E-state index >= 15 is 0 Å². The average molecular weight is 306 g/mol. The second-order valence-corrected chi connectivity index (χ2v) is 6.05. The maximum Gasteiger partial charge on any atom is 0.352 e. The number of carbonyl (C=O) groups is 1. The van der Waals surface area contributed by atoms with Crippen LogP contribution in [-0.2, 0) is 14.8 Å². The molecule has 0 aliphatic carbocycles. The Morgan fingerprint density at radius 3 is 2.50 bits per heavy atom. The summed E-state index contributed by atoms with van der Waals surface area (Å²) < 4.78 is 31.2. The van der Waals surface area contributed by atoms with Crippen molar-refractivity contribution in [3.05, 3.63) is 17.0 Å². The van der Waals surface area contributed by atoms with Crippen LogP contribution in [0.5, 0.6) is 0 Å². The smallest absolute Gasteiger partial charge is 0.352 e. The largest absolute Gasteiger partial charge is 0.477 e. The molecule has 0 aliphatic heterocycles. The maximum atomic E-state index is 12.1. The molecule has 0 amide bonds. The zero-order chi connectivity index (χ0) is 15.5. The van der Waals surface area contributed by atoms with Crippen LogP contribution < -0.4 is 4.72 Å². The Morgan fingerprint density at radius 1 is 1.45 bits per heavy atom. The van der Waals surface area contributed by atoms with Gasteiger partial charge in [-0.25, -0.2) is 17.9 Å². The molecule has 1 aromatic rings. The minimum Gasteiger partial charge on any atom is -0.477 e. The third-order valence-corrected chi connectivity index (χ3v) is 4.42. The molecule has 0 saturated heterocycles. The fraction of sp³-hybridized carbons (Fsp3) is 0.545. The van der Waals surface area contributed by atoms with Gasteiger partial charge in [0.2, 0.25) is 10.0 Å². The van der Waals surface area contributed by atoms with Crippen molar-refractivity contribution in [3.8, 4) is 0 Å². The Hall–Kier alpha value is -1.42. The molecule has 1 unspecified atom stereocenters. The van der Waals surface area contributed by atoms with E-state index in [4.69, 9.17) is 5.11 Å². The van der Waals surface area contributed by atoms with E-state index in [0.29, 0.717) is 0 Å². The van der Waals surface area contributed by atoms with Crippen LogP contribution in [0.25, 0.3) is 0 Å². The zero-order valence-corrected chi connectivity index (χ0v) is 12.2. The summed E-state index contributed by atoms with van der Waals surface area (Å²) >= 11 is 0. The van der Waals surface area contributed by atoms with Gasteiger partial charge in [-0.15, -0.1) is 0 Å². The summed E-state index contributed by atoms with van der Waals surface area (Å²) in [6.45, 7) is 2.66. The van der Waals surface area contributed by atoms with Gasteiger partial charge >= 0.3 is 5.97 Å². The van der Waals surface area contributed by atoms with Crippen LogP contribution in [0.1, 0.15) is 21.7 Å². The highest BCUT2D eigenvalue weighted by atomic mass is 32.2. The number of aliphatic hydroxyl groups is 1. The minimum atomic E-state index is -3.91. The molecule has 1 rings (SSSR count). The van der Waals surface area contributed by atoms with Crippen molar-refractivity contribution in [3.63, 3.8) is 0 Å². The van der Waals surface area contributed by atoms with Gasteiger partial charge in [0.05, 0.1) is 12.7 Å². The predicted molar refractivity (Wildman–Crippen MR) is 70.3 cm³/mol. The van der Waals surface area contributed by atoms with Crippen LogP contribution in [0.4, 0.5) is 0 Å². The van der Waals surface area contributed by atoms with Crippen molar-refractivity contribution >= 4 is 16.0 Å². The molecule has 0 fully saturated rings. The van der Waals surface area contributed by atoms with Gasteiger partial charge in [-0.05, 0) is 13.8 Å². The molecule has 0 radical (unpaired) electrons. The first kappa shape index (κ1) is 16.6. The van der Waals surface area contributed by atoms with E-state index in [0.717, 1.165) is 0 Å². The summed E-state index contributed by atoms with van der Waals surface area (Å²) in [6.07, 6.45) is -0.978. The molecule has 0 saturated carbocycles. The van der Waals surface area contributed by atoms with E-state index in [-0.39, 0.29) is 35.0 Å². The van der Waals surface area contributed by atoms with Gasteiger partial charge in [0.1, 0.15) is 10.6 Å². The number of aromatic amines is 1. The van der Waals surface area contributed by atoms with Gasteiger partial charge in [0, 0.05) is 24.9 Å². The third kappa shape index (κ3) is 3.57. The molecule has 20 heavy (non-hydrogen) atoms. The summed E-state index contributed by atoms with van der Waals surface area (Å²) in [5.41, 5.74) is 0.192. The molecule has 9 heteroatoms. The topological polar surface area (TPSA) is 129 Å². The standard InChI is InChI=1S/C11H18N2O6S/c1-6-9(11(15)16)13-7(2)10(6)20(17,18)12-4-8(14)5-19-3/h8,12-14H,4-5H2,1-3H3,(H,15,16). The summed E-state index contributed by atoms with van der Waals surface area (Å²) in [6, 6.07) is 0. The predicted octanol–water partition coefficient (Wildman–Crippen LogP) is -0.385. The van der Waals surface area contributed by atoms with Gasteiger partial charge in [-0.1, -0.05) is 0 Å². The summed E-state index contributed by atoms with van der Waals surface area (Å²) in [4.78, 5) is 13.4. The van der Waals surface area contributed by atoms with Crippen molar-refractivity contribution in [1.29, 1.82) is 0 Å². The molecular formula is C11H18N2O6S. The molecule has 0 spiro atoms. The molecule has 1 heterocycles. The van der Waals surface area contributed by atoms with Crippen molar-refractivity contribution in [2.45, 2.75) is 24.8 Å². The van der Waals surface area contributed by atoms with Gasteiger partial charge < -0.3 is 19.9 Å². The number of aliphatic hydroxyl groups excluding tert-OH is 1. The first-order valence-corrected chi connectivity index (χ1v) is 7.28. The number of nitrogens with one attached hydrogen (secondary N) is 2. The van der Waals surface area contributed by atoms with Crippen LogP contribution in [0.3, 0.4) is 0 Å². The molecule has 0 aromatic carbocycles. The lowest BCUT2D eigenvalue weighted by Gasteiger charge is -2.11. The van der Waals surface area contributed by atoms with E-state index in [2.05, 4.69) is 14.4 Å². The number of aromatic nitrogens is 1. The number of hydrogen-bond donors (Lipinski definition) is 4. The number of rotatable bonds is 7. The molecule has 0 aliphatic rings. The number of methoxy groups -OCH3 is 1. The molecule has 1 aromatic heterocycles. The van der Waals surface area contributed by atoms with Gasteiger partial charge in [-0.2, -0.15) is 0 Å². The van der Waals surface area contributed by atoms with Gasteiger partial charge in [-0.3, -0.25) is 0 Å². The van der Waals surface area contributed by atoms with Gasteiger partial charge in [0.25, 0.3) is 0 Å². The monoisotopic (exact) mass is 306 g/mol. The van der Waals surface area contributed by atoms with E-state index < -0.39 is 22.1 Å². The number of aromatic carboxylic acids is 1. The highest BCUT2D eigenvalue weighted by molar-refractivity contribution is 7.89. The van der Waals surface area contributed by atoms with Crippen molar-refractivity contribution in [2.24, 2.45) is 0 Å². The highest BCUT2D eigenvalue weighted by Gasteiger charge is 2.26. The second-order valence-electron chi connectivity index (χ2n) is 4.35. The van der Waals surface area contributed by atoms with Crippen LogP contribution in [0.15, 0.2) is 4.90 Å². The average Bonchev–Trinajstić information content (AvgIpc) is 2.63. The number of ether oxygens (including phenoxy) is 1.